The Morgan fingerprint density at radius 2 is 2.10 bits per heavy atom. The second-order valence-electron chi connectivity index (χ2n) is 4.78. The number of carbonyl (C=O) groups excluding carboxylic acids is 1. The molecule has 1 fully saturated rings. The minimum atomic E-state index is -4.54. The van der Waals surface area contributed by atoms with Crippen LogP contribution in [0, 0.1) is 0 Å². The highest BCUT2D eigenvalue weighted by atomic mass is 19.4. The summed E-state index contributed by atoms with van der Waals surface area (Å²) in [4.78, 5) is 11.8. The van der Waals surface area contributed by atoms with Crippen LogP contribution in [-0.4, -0.2) is 35.3 Å². The number of hydrogen-bond acceptors (Lipinski definition) is 3. The molecule has 0 aliphatic carbocycles. The third kappa shape index (κ3) is 3.85. The summed E-state index contributed by atoms with van der Waals surface area (Å²) in [6.45, 7) is 0.443. The first-order valence-corrected chi connectivity index (χ1v) is 6.53. The van der Waals surface area contributed by atoms with E-state index in [1.165, 1.54) is 23.2 Å². The van der Waals surface area contributed by atoms with Crippen molar-refractivity contribution in [3.63, 3.8) is 0 Å². The van der Waals surface area contributed by atoms with Crippen LogP contribution in [-0.2, 0) is 6.18 Å². The van der Waals surface area contributed by atoms with Gasteiger partial charge in [0.05, 0.1) is 23.9 Å². The van der Waals surface area contributed by atoms with Crippen LogP contribution in [0.15, 0.2) is 24.3 Å². The highest BCUT2D eigenvalue weighted by Crippen LogP contribution is 2.34. The maximum atomic E-state index is 12.8. The molecule has 0 bridgehead atoms. The van der Waals surface area contributed by atoms with Crippen LogP contribution in [0.2, 0.25) is 0 Å². The fraction of sp³-hybridized carbons (Fsp3) is 0.462. The Kier molecular flexibility index (Phi) is 4.69. The van der Waals surface area contributed by atoms with E-state index in [4.69, 9.17) is 5.11 Å². The highest BCUT2D eigenvalue weighted by molar-refractivity contribution is 5.89. The van der Waals surface area contributed by atoms with Gasteiger partial charge in [0.25, 0.3) is 0 Å². The molecule has 1 heterocycles. The molecular formula is C13H16F3N3O2. The molecule has 5 nitrogen and oxygen atoms in total. The standard InChI is InChI=1S/C13H16F3N3O2/c14-13(15,16)10-5-1-2-6-11(10)17-12(21)18-19-7-3-4-9(19)8-20/h1-2,5-6,9,20H,3-4,7-8H2,(H2,17,18,21)/t9-/m0/s1. The first-order valence-electron chi connectivity index (χ1n) is 6.53. The number of alkyl halides is 3. The molecule has 21 heavy (non-hydrogen) atoms. The lowest BCUT2D eigenvalue weighted by atomic mass is 10.1. The van der Waals surface area contributed by atoms with Gasteiger partial charge in [-0.3, -0.25) is 5.43 Å². The quantitative estimate of drug-likeness (QED) is 0.802. The number of aliphatic hydroxyl groups is 1. The number of amides is 2. The van der Waals surface area contributed by atoms with Crippen molar-refractivity contribution in [3.05, 3.63) is 29.8 Å². The molecule has 0 aromatic heterocycles. The molecular weight excluding hydrogens is 287 g/mol. The Morgan fingerprint density at radius 3 is 2.76 bits per heavy atom. The molecule has 2 rings (SSSR count). The number of halogens is 3. The van der Waals surface area contributed by atoms with Gasteiger partial charge in [0.15, 0.2) is 0 Å². The van der Waals surface area contributed by atoms with E-state index in [1.54, 1.807) is 0 Å². The normalized spacial score (nSPS) is 19.5. The lowest BCUT2D eigenvalue weighted by Crippen LogP contribution is -2.48. The first kappa shape index (κ1) is 15.6. The Bertz CT molecular complexity index is 508. The van der Waals surface area contributed by atoms with Crippen molar-refractivity contribution < 1.29 is 23.1 Å². The molecule has 1 aliphatic heterocycles. The first-order chi connectivity index (χ1) is 9.91. The predicted molar refractivity (Wildman–Crippen MR) is 70.4 cm³/mol. The summed E-state index contributed by atoms with van der Waals surface area (Å²) in [5, 5.41) is 12.9. The Labute approximate surface area is 119 Å². The van der Waals surface area contributed by atoms with Gasteiger partial charge in [-0.1, -0.05) is 12.1 Å². The van der Waals surface area contributed by atoms with Crippen molar-refractivity contribution in [2.75, 3.05) is 18.5 Å². The van der Waals surface area contributed by atoms with Crippen molar-refractivity contribution in [1.82, 2.24) is 10.4 Å². The summed E-state index contributed by atoms with van der Waals surface area (Å²) in [5.41, 5.74) is 1.26. The second kappa shape index (κ2) is 6.31. The Morgan fingerprint density at radius 1 is 1.38 bits per heavy atom. The van der Waals surface area contributed by atoms with Crippen LogP contribution < -0.4 is 10.7 Å². The van der Waals surface area contributed by atoms with Crippen molar-refractivity contribution in [2.24, 2.45) is 0 Å². The largest absolute Gasteiger partial charge is 0.418 e. The van der Waals surface area contributed by atoms with Crippen LogP contribution in [0.25, 0.3) is 0 Å². The van der Waals surface area contributed by atoms with E-state index in [0.717, 1.165) is 18.9 Å². The smallest absolute Gasteiger partial charge is 0.395 e. The summed E-state index contributed by atoms with van der Waals surface area (Å²) in [6, 6.07) is 3.81. The summed E-state index contributed by atoms with van der Waals surface area (Å²) in [7, 11) is 0. The fourth-order valence-corrected chi connectivity index (χ4v) is 2.29. The van der Waals surface area contributed by atoms with Crippen LogP contribution in [0.5, 0.6) is 0 Å². The molecule has 1 aromatic carbocycles. The number of nitrogens with one attached hydrogen (secondary N) is 2. The van der Waals surface area contributed by atoms with Gasteiger partial charge in [-0.2, -0.15) is 13.2 Å². The van der Waals surface area contributed by atoms with Crippen molar-refractivity contribution in [2.45, 2.75) is 25.1 Å². The van der Waals surface area contributed by atoms with Gasteiger partial charge < -0.3 is 10.4 Å². The second-order valence-corrected chi connectivity index (χ2v) is 4.78. The molecule has 1 saturated heterocycles. The summed E-state index contributed by atoms with van der Waals surface area (Å²) in [6.07, 6.45) is -2.99. The van der Waals surface area contributed by atoms with Crippen molar-refractivity contribution in [3.8, 4) is 0 Å². The summed E-state index contributed by atoms with van der Waals surface area (Å²) < 4.78 is 38.4. The third-order valence-electron chi connectivity index (χ3n) is 3.31. The molecule has 3 N–H and O–H groups in total. The van der Waals surface area contributed by atoms with Crippen molar-refractivity contribution in [1.29, 1.82) is 0 Å². The molecule has 8 heteroatoms. The number of urea groups is 1. The van der Waals surface area contributed by atoms with Gasteiger partial charge in [-0.25, -0.2) is 9.80 Å². The van der Waals surface area contributed by atoms with E-state index in [0.29, 0.717) is 6.54 Å². The van der Waals surface area contributed by atoms with Crippen LogP contribution in [0.3, 0.4) is 0 Å². The SMILES string of the molecule is O=C(Nc1ccccc1C(F)(F)F)NN1CCC[C@H]1CO. The topological polar surface area (TPSA) is 64.6 Å². The van der Waals surface area contributed by atoms with E-state index >= 15 is 0 Å². The van der Waals surface area contributed by atoms with Crippen LogP contribution in [0.4, 0.5) is 23.7 Å². The molecule has 0 unspecified atom stereocenters. The molecule has 0 radical (unpaired) electrons. The number of benzene rings is 1. The van der Waals surface area contributed by atoms with Gasteiger partial charge in [-0.05, 0) is 25.0 Å². The van der Waals surface area contributed by atoms with Crippen molar-refractivity contribution >= 4 is 11.7 Å². The van der Waals surface area contributed by atoms with E-state index in [9.17, 15) is 18.0 Å². The zero-order chi connectivity index (χ0) is 15.5. The number of carbonyl (C=O) groups is 1. The highest BCUT2D eigenvalue weighted by Gasteiger charge is 2.34. The average molecular weight is 303 g/mol. The van der Waals surface area contributed by atoms with E-state index in [1.807, 2.05) is 0 Å². The van der Waals surface area contributed by atoms with Gasteiger partial charge in [0.2, 0.25) is 0 Å². The molecule has 0 saturated carbocycles. The minimum Gasteiger partial charge on any atom is -0.395 e. The van der Waals surface area contributed by atoms with Crippen LogP contribution in [0.1, 0.15) is 18.4 Å². The Balaban J connectivity index is 2.03. The molecule has 116 valence electrons. The van der Waals surface area contributed by atoms with Gasteiger partial charge in [0, 0.05) is 6.54 Å². The monoisotopic (exact) mass is 303 g/mol. The van der Waals surface area contributed by atoms with Gasteiger partial charge in [0.1, 0.15) is 0 Å². The van der Waals surface area contributed by atoms with E-state index in [-0.39, 0.29) is 18.3 Å². The van der Waals surface area contributed by atoms with E-state index in [2.05, 4.69) is 10.7 Å². The lowest BCUT2D eigenvalue weighted by molar-refractivity contribution is -0.136. The number of nitrogens with zero attached hydrogens (tertiary/aromatic N) is 1. The number of hydrogen-bond donors (Lipinski definition) is 3. The zero-order valence-electron chi connectivity index (χ0n) is 11.2. The number of rotatable bonds is 3. The molecule has 0 spiro atoms. The maximum absolute atomic E-state index is 12.8. The number of aliphatic hydroxyl groups excluding tert-OH is 1. The Hall–Kier alpha value is -1.80. The average Bonchev–Trinajstić information content (AvgIpc) is 2.85. The molecule has 1 aliphatic rings. The summed E-state index contributed by atoms with van der Waals surface area (Å²) >= 11 is 0. The third-order valence-corrected chi connectivity index (χ3v) is 3.31. The van der Waals surface area contributed by atoms with Crippen LogP contribution >= 0.6 is 0 Å². The molecule has 1 aromatic rings. The lowest BCUT2D eigenvalue weighted by Gasteiger charge is -2.24. The van der Waals surface area contributed by atoms with Gasteiger partial charge >= 0.3 is 12.2 Å². The minimum absolute atomic E-state index is 0.112. The number of anilines is 1. The summed E-state index contributed by atoms with van der Waals surface area (Å²) in [5.74, 6) is 0. The zero-order valence-corrected chi connectivity index (χ0v) is 11.2. The number of para-hydroxylation sites is 1. The van der Waals surface area contributed by atoms with Gasteiger partial charge in [-0.15, -0.1) is 0 Å². The molecule has 1 atom stereocenters. The maximum Gasteiger partial charge on any atom is 0.418 e. The number of hydrazine groups is 1. The van der Waals surface area contributed by atoms with E-state index < -0.39 is 17.8 Å². The fourth-order valence-electron chi connectivity index (χ4n) is 2.29. The molecule has 2 amide bonds. The predicted octanol–water partition coefficient (Wildman–Crippen LogP) is 2.20.